The summed E-state index contributed by atoms with van der Waals surface area (Å²) < 4.78 is 13.1. The van der Waals surface area contributed by atoms with Gasteiger partial charge in [-0.2, -0.15) is 15.3 Å². The minimum atomic E-state index is -0.269. The average Bonchev–Trinajstić information content (AvgIpc) is 2.89. The molecule has 0 fully saturated rings. The molecule has 0 amide bonds. The maximum Gasteiger partial charge on any atom is 0.123 e. The Kier molecular flexibility index (Phi) is 2.57. The molecule has 0 aliphatic rings. The fourth-order valence-corrected chi connectivity index (χ4v) is 1.72. The third-order valence-electron chi connectivity index (χ3n) is 2.59. The molecule has 2 heterocycles. The largest absolute Gasteiger partial charge is 0.277 e. The molecule has 88 valence electrons. The van der Waals surface area contributed by atoms with E-state index in [0.29, 0.717) is 0 Å². The number of aromatic nitrogens is 4. The lowest BCUT2D eigenvalue weighted by Crippen LogP contribution is -1.81. The van der Waals surface area contributed by atoms with Gasteiger partial charge in [0, 0.05) is 11.1 Å². The van der Waals surface area contributed by atoms with Gasteiger partial charge < -0.3 is 0 Å². The molecule has 0 aliphatic heterocycles. The summed E-state index contributed by atoms with van der Waals surface area (Å²) in [7, 11) is 0. The number of benzene rings is 1. The molecule has 1 aromatic carbocycles. The van der Waals surface area contributed by atoms with Gasteiger partial charge in [0.25, 0.3) is 0 Å². The molecule has 0 saturated carbocycles. The summed E-state index contributed by atoms with van der Waals surface area (Å²) in [5.74, 6) is -0.269. The minimum absolute atomic E-state index is 0.269. The van der Waals surface area contributed by atoms with Gasteiger partial charge in [0.05, 0.1) is 23.8 Å². The maximum atomic E-state index is 13.1. The molecule has 0 aliphatic carbocycles. The Bertz CT molecular complexity index is 664. The predicted octanol–water partition coefficient (Wildman–Crippen LogP) is 2.67. The van der Waals surface area contributed by atoms with Crippen LogP contribution in [0.25, 0.3) is 22.5 Å². The Morgan fingerprint density at radius 1 is 1.00 bits per heavy atom. The van der Waals surface area contributed by atoms with E-state index in [4.69, 9.17) is 0 Å². The van der Waals surface area contributed by atoms with Crippen LogP contribution >= 0.6 is 0 Å². The highest BCUT2D eigenvalue weighted by Crippen LogP contribution is 2.23. The molecule has 18 heavy (non-hydrogen) atoms. The first kappa shape index (κ1) is 10.6. The van der Waals surface area contributed by atoms with Gasteiger partial charge in [0.2, 0.25) is 0 Å². The van der Waals surface area contributed by atoms with Gasteiger partial charge in [-0.3, -0.25) is 5.10 Å². The molecular weight excluding hydrogens is 231 g/mol. The lowest BCUT2D eigenvalue weighted by molar-refractivity contribution is 0.628. The van der Waals surface area contributed by atoms with Crippen molar-refractivity contribution in [2.75, 3.05) is 0 Å². The Labute approximate surface area is 103 Å². The van der Waals surface area contributed by atoms with E-state index in [1.807, 2.05) is 18.2 Å². The van der Waals surface area contributed by atoms with E-state index >= 15 is 0 Å². The summed E-state index contributed by atoms with van der Waals surface area (Å²) in [5.41, 5.74) is 3.14. The summed E-state index contributed by atoms with van der Waals surface area (Å²) in [6, 6.07) is 10.0. The number of hydrogen-bond acceptors (Lipinski definition) is 3. The van der Waals surface area contributed by atoms with Crippen LogP contribution in [0.3, 0.4) is 0 Å². The topological polar surface area (TPSA) is 54.5 Å². The van der Waals surface area contributed by atoms with Crippen molar-refractivity contribution in [3.8, 4) is 22.5 Å². The molecule has 1 N–H and O–H groups in total. The second-order valence-electron chi connectivity index (χ2n) is 3.81. The normalized spacial score (nSPS) is 10.5. The van der Waals surface area contributed by atoms with E-state index in [9.17, 15) is 4.39 Å². The second-order valence-corrected chi connectivity index (χ2v) is 3.81. The molecule has 0 saturated heterocycles. The molecule has 3 rings (SSSR count). The fraction of sp³-hybridized carbons (Fsp3) is 0. The number of hydrogen-bond donors (Lipinski definition) is 1. The number of nitrogens with one attached hydrogen (secondary N) is 1. The zero-order chi connectivity index (χ0) is 12.4. The van der Waals surface area contributed by atoms with E-state index in [1.165, 1.54) is 12.1 Å². The van der Waals surface area contributed by atoms with Crippen LogP contribution in [0.1, 0.15) is 0 Å². The van der Waals surface area contributed by atoms with Crippen molar-refractivity contribution in [2.45, 2.75) is 0 Å². The van der Waals surface area contributed by atoms with Gasteiger partial charge in [-0.25, -0.2) is 4.39 Å². The lowest BCUT2D eigenvalue weighted by atomic mass is 10.1. The van der Waals surface area contributed by atoms with Crippen LogP contribution in [0.2, 0.25) is 0 Å². The maximum absolute atomic E-state index is 13.1. The number of H-pyrrole nitrogens is 1. The minimum Gasteiger partial charge on any atom is -0.277 e. The SMILES string of the molecule is Fc1cccc(-c2cc(-c3ccnnc3)n[nH]2)c1. The van der Waals surface area contributed by atoms with E-state index < -0.39 is 0 Å². The van der Waals surface area contributed by atoms with Crippen LogP contribution in [0.15, 0.2) is 48.8 Å². The van der Waals surface area contributed by atoms with Crippen molar-refractivity contribution in [1.29, 1.82) is 0 Å². The highest BCUT2D eigenvalue weighted by Gasteiger charge is 2.06. The van der Waals surface area contributed by atoms with Crippen LogP contribution in [0.5, 0.6) is 0 Å². The van der Waals surface area contributed by atoms with Gasteiger partial charge in [0.15, 0.2) is 0 Å². The fourth-order valence-electron chi connectivity index (χ4n) is 1.72. The van der Waals surface area contributed by atoms with Gasteiger partial charge in [0.1, 0.15) is 5.82 Å². The molecule has 3 aromatic rings. The Balaban J connectivity index is 2.00. The monoisotopic (exact) mass is 240 g/mol. The predicted molar refractivity (Wildman–Crippen MR) is 65.0 cm³/mol. The molecule has 0 bridgehead atoms. The van der Waals surface area contributed by atoms with E-state index in [-0.39, 0.29) is 5.82 Å². The summed E-state index contributed by atoms with van der Waals surface area (Å²) in [6.07, 6.45) is 3.23. The van der Waals surface area contributed by atoms with E-state index in [1.54, 1.807) is 18.5 Å². The van der Waals surface area contributed by atoms with E-state index in [2.05, 4.69) is 20.4 Å². The third-order valence-corrected chi connectivity index (χ3v) is 2.59. The van der Waals surface area contributed by atoms with Crippen molar-refractivity contribution in [2.24, 2.45) is 0 Å². The summed E-state index contributed by atoms with van der Waals surface area (Å²) in [4.78, 5) is 0. The molecule has 0 spiro atoms. The van der Waals surface area contributed by atoms with Crippen LogP contribution in [-0.4, -0.2) is 20.4 Å². The van der Waals surface area contributed by atoms with Crippen molar-refractivity contribution < 1.29 is 4.39 Å². The van der Waals surface area contributed by atoms with Gasteiger partial charge in [-0.1, -0.05) is 12.1 Å². The smallest absolute Gasteiger partial charge is 0.123 e. The van der Waals surface area contributed by atoms with Crippen molar-refractivity contribution in [3.63, 3.8) is 0 Å². The standard InChI is InChI=1S/C13H9FN4/c14-11-3-1-2-9(6-11)12-7-13(18-17-12)10-4-5-15-16-8-10/h1-8H,(H,17,18). The molecule has 5 heteroatoms. The molecule has 4 nitrogen and oxygen atoms in total. The van der Waals surface area contributed by atoms with Crippen molar-refractivity contribution in [1.82, 2.24) is 20.4 Å². The summed E-state index contributed by atoms with van der Waals surface area (Å²) in [5, 5.41) is 14.6. The Morgan fingerprint density at radius 2 is 1.94 bits per heavy atom. The lowest BCUT2D eigenvalue weighted by Gasteiger charge is -1.96. The third kappa shape index (κ3) is 1.98. The zero-order valence-corrected chi connectivity index (χ0v) is 9.34. The first-order chi connectivity index (χ1) is 8.83. The number of rotatable bonds is 2. The molecule has 0 unspecified atom stereocenters. The van der Waals surface area contributed by atoms with E-state index in [0.717, 1.165) is 22.5 Å². The number of halogens is 1. The summed E-state index contributed by atoms with van der Waals surface area (Å²) >= 11 is 0. The van der Waals surface area contributed by atoms with Crippen molar-refractivity contribution in [3.05, 3.63) is 54.6 Å². The highest BCUT2D eigenvalue weighted by atomic mass is 19.1. The second kappa shape index (κ2) is 4.37. The average molecular weight is 240 g/mol. The van der Waals surface area contributed by atoms with Gasteiger partial charge >= 0.3 is 0 Å². The zero-order valence-electron chi connectivity index (χ0n) is 9.34. The quantitative estimate of drug-likeness (QED) is 0.749. The number of aromatic amines is 1. The Hall–Kier alpha value is -2.56. The molecule has 0 atom stereocenters. The van der Waals surface area contributed by atoms with Crippen LogP contribution in [0.4, 0.5) is 4.39 Å². The van der Waals surface area contributed by atoms with Gasteiger partial charge in [-0.15, -0.1) is 0 Å². The first-order valence-electron chi connectivity index (χ1n) is 5.41. The first-order valence-corrected chi connectivity index (χ1v) is 5.41. The number of nitrogens with zero attached hydrogens (tertiary/aromatic N) is 3. The van der Waals surface area contributed by atoms with Gasteiger partial charge in [-0.05, 0) is 24.3 Å². The highest BCUT2D eigenvalue weighted by molar-refractivity contribution is 5.67. The molecule has 2 aromatic heterocycles. The Morgan fingerprint density at radius 3 is 2.72 bits per heavy atom. The molecule has 0 radical (unpaired) electrons. The summed E-state index contributed by atoms with van der Waals surface area (Å²) in [6.45, 7) is 0. The van der Waals surface area contributed by atoms with Crippen molar-refractivity contribution >= 4 is 0 Å². The van der Waals surface area contributed by atoms with Crippen LogP contribution in [-0.2, 0) is 0 Å². The van der Waals surface area contributed by atoms with Crippen LogP contribution < -0.4 is 0 Å². The van der Waals surface area contributed by atoms with Crippen LogP contribution in [0, 0.1) is 5.82 Å². The molecular formula is C13H9FN4.